The molecule has 0 radical (unpaired) electrons. The molecule has 0 spiro atoms. The Kier molecular flexibility index (Phi) is 3.76. The smallest absolute Gasteiger partial charge is 0.0963 e. The number of aliphatic hydroxyl groups excluding tert-OH is 1. The molecule has 4 heteroatoms. The third-order valence-corrected chi connectivity index (χ3v) is 4.02. The second-order valence-electron chi connectivity index (χ2n) is 4.51. The SMILES string of the molecule is CNCC(O)c1ccc2nc(C(C)C)sc2c1. The quantitative estimate of drug-likeness (QED) is 0.877. The van der Waals surface area contributed by atoms with E-state index in [2.05, 4.69) is 24.1 Å². The van der Waals surface area contributed by atoms with Crippen LogP contribution in [0.3, 0.4) is 0 Å². The lowest BCUT2D eigenvalue weighted by molar-refractivity contribution is 0.178. The predicted molar refractivity (Wildman–Crippen MR) is 72.6 cm³/mol. The highest BCUT2D eigenvalue weighted by atomic mass is 32.1. The van der Waals surface area contributed by atoms with Crippen molar-refractivity contribution in [2.24, 2.45) is 0 Å². The molecule has 0 saturated carbocycles. The van der Waals surface area contributed by atoms with Gasteiger partial charge in [-0.25, -0.2) is 4.98 Å². The molecule has 1 aromatic carbocycles. The van der Waals surface area contributed by atoms with Gasteiger partial charge >= 0.3 is 0 Å². The number of aromatic nitrogens is 1. The fourth-order valence-electron chi connectivity index (χ4n) is 1.72. The van der Waals surface area contributed by atoms with Gasteiger partial charge in [0.25, 0.3) is 0 Å². The maximum absolute atomic E-state index is 9.92. The van der Waals surface area contributed by atoms with Crippen LogP contribution >= 0.6 is 11.3 Å². The Bertz CT molecular complexity index is 507. The number of hydrogen-bond acceptors (Lipinski definition) is 4. The molecule has 0 saturated heterocycles. The molecule has 17 heavy (non-hydrogen) atoms. The Hall–Kier alpha value is -0.970. The van der Waals surface area contributed by atoms with Crippen LogP contribution in [-0.4, -0.2) is 23.7 Å². The minimum Gasteiger partial charge on any atom is -0.387 e. The molecule has 2 rings (SSSR count). The Labute approximate surface area is 106 Å². The number of benzene rings is 1. The number of fused-ring (bicyclic) bond motifs is 1. The summed E-state index contributed by atoms with van der Waals surface area (Å²) in [6.45, 7) is 4.87. The van der Waals surface area contributed by atoms with Crippen LogP contribution in [0.15, 0.2) is 18.2 Å². The zero-order chi connectivity index (χ0) is 12.4. The van der Waals surface area contributed by atoms with Crippen molar-refractivity contribution in [3.05, 3.63) is 28.8 Å². The van der Waals surface area contributed by atoms with Crippen LogP contribution in [0.5, 0.6) is 0 Å². The second-order valence-corrected chi connectivity index (χ2v) is 5.57. The maximum atomic E-state index is 9.92. The monoisotopic (exact) mass is 250 g/mol. The largest absolute Gasteiger partial charge is 0.387 e. The Morgan fingerprint density at radius 3 is 2.82 bits per heavy atom. The van der Waals surface area contributed by atoms with E-state index in [1.54, 1.807) is 11.3 Å². The van der Waals surface area contributed by atoms with Crippen molar-refractivity contribution in [3.8, 4) is 0 Å². The van der Waals surface area contributed by atoms with E-state index in [9.17, 15) is 5.11 Å². The van der Waals surface area contributed by atoms with E-state index < -0.39 is 6.10 Å². The van der Waals surface area contributed by atoms with Crippen LogP contribution in [0.25, 0.3) is 10.2 Å². The molecule has 3 nitrogen and oxygen atoms in total. The van der Waals surface area contributed by atoms with Gasteiger partial charge in [-0.05, 0) is 24.7 Å². The standard InChI is InChI=1S/C13H18N2OS/c1-8(2)13-15-10-5-4-9(6-12(10)17-13)11(16)7-14-3/h4-6,8,11,14,16H,7H2,1-3H3. The van der Waals surface area contributed by atoms with Crippen LogP contribution in [0.2, 0.25) is 0 Å². The van der Waals surface area contributed by atoms with Crippen molar-refractivity contribution in [1.29, 1.82) is 0 Å². The van der Waals surface area contributed by atoms with Crippen LogP contribution in [-0.2, 0) is 0 Å². The first-order valence-electron chi connectivity index (χ1n) is 5.85. The highest BCUT2D eigenvalue weighted by molar-refractivity contribution is 7.18. The Morgan fingerprint density at radius 1 is 1.41 bits per heavy atom. The fraction of sp³-hybridized carbons (Fsp3) is 0.462. The van der Waals surface area contributed by atoms with Gasteiger partial charge in [0.1, 0.15) is 0 Å². The lowest BCUT2D eigenvalue weighted by Crippen LogP contribution is -2.16. The second kappa shape index (κ2) is 5.12. The summed E-state index contributed by atoms with van der Waals surface area (Å²) < 4.78 is 1.15. The van der Waals surface area contributed by atoms with Gasteiger partial charge in [-0.3, -0.25) is 0 Å². The number of thiazole rings is 1. The molecule has 0 aliphatic rings. The van der Waals surface area contributed by atoms with E-state index in [0.717, 1.165) is 20.8 Å². The molecule has 0 amide bonds. The van der Waals surface area contributed by atoms with E-state index in [-0.39, 0.29) is 0 Å². The van der Waals surface area contributed by atoms with Gasteiger partial charge in [-0.1, -0.05) is 19.9 Å². The third-order valence-electron chi connectivity index (χ3n) is 2.71. The molecular weight excluding hydrogens is 232 g/mol. The molecule has 1 atom stereocenters. The van der Waals surface area contributed by atoms with Gasteiger partial charge in [0.05, 0.1) is 21.3 Å². The van der Waals surface area contributed by atoms with Gasteiger partial charge in [-0.15, -0.1) is 11.3 Å². The molecule has 2 N–H and O–H groups in total. The van der Waals surface area contributed by atoms with E-state index in [1.165, 1.54) is 0 Å². The minimum atomic E-state index is -0.450. The third kappa shape index (κ3) is 2.65. The van der Waals surface area contributed by atoms with Gasteiger partial charge < -0.3 is 10.4 Å². The van der Waals surface area contributed by atoms with E-state index in [4.69, 9.17) is 0 Å². The van der Waals surface area contributed by atoms with Crippen molar-refractivity contribution in [2.75, 3.05) is 13.6 Å². The first-order valence-corrected chi connectivity index (χ1v) is 6.66. The van der Waals surface area contributed by atoms with Gasteiger partial charge in [0, 0.05) is 12.5 Å². The van der Waals surface area contributed by atoms with E-state index >= 15 is 0 Å². The van der Waals surface area contributed by atoms with Crippen LogP contribution in [0.4, 0.5) is 0 Å². The van der Waals surface area contributed by atoms with Gasteiger partial charge in [-0.2, -0.15) is 0 Å². The summed E-state index contributed by atoms with van der Waals surface area (Å²) in [4.78, 5) is 4.58. The molecule has 1 aromatic heterocycles. The molecule has 92 valence electrons. The zero-order valence-corrected chi connectivity index (χ0v) is 11.2. The van der Waals surface area contributed by atoms with Gasteiger partial charge in [0.2, 0.25) is 0 Å². The molecular formula is C13H18N2OS. The molecule has 0 aliphatic heterocycles. The van der Waals surface area contributed by atoms with Crippen molar-refractivity contribution in [2.45, 2.75) is 25.9 Å². The molecule has 0 bridgehead atoms. The molecule has 1 heterocycles. The summed E-state index contributed by atoms with van der Waals surface area (Å²) in [5.74, 6) is 0.457. The summed E-state index contributed by atoms with van der Waals surface area (Å²) in [6, 6.07) is 5.99. The molecule has 0 fully saturated rings. The predicted octanol–water partition coefficient (Wildman–Crippen LogP) is 2.67. The summed E-state index contributed by atoms with van der Waals surface area (Å²) in [7, 11) is 1.84. The maximum Gasteiger partial charge on any atom is 0.0963 e. The summed E-state index contributed by atoms with van der Waals surface area (Å²) >= 11 is 1.71. The average Bonchev–Trinajstić information content (AvgIpc) is 2.71. The van der Waals surface area contributed by atoms with Gasteiger partial charge in [0.15, 0.2) is 0 Å². The number of rotatable bonds is 4. The Balaban J connectivity index is 2.36. The van der Waals surface area contributed by atoms with Crippen molar-refractivity contribution in [1.82, 2.24) is 10.3 Å². The fourth-order valence-corrected chi connectivity index (χ4v) is 2.74. The molecule has 0 aliphatic carbocycles. The minimum absolute atomic E-state index is 0.450. The normalized spacial score (nSPS) is 13.5. The van der Waals surface area contributed by atoms with Crippen LogP contribution < -0.4 is 5.32 Å². The number of hydrogen-bond donors (Lipinski definition) is 2. The summed E-state index contributed by atoms with van der Waals surface area (Å²) in [5, 5.41) is 14.0. The van der Waals surface area contributed by atoms with Crippen molar-refractivity contribution < 1.29 is 5.11 Å². The van der Waals surface area contributed by atoms with E-state index in [1.807, 2.05) is 25.2 Å². The van der Waals surface area contributed by atoms with E-state index in [0.29, 0.717) is 12.5 Å². The average molecular weight is 250 g/mol. The topological polar surface area (TPSA) is 45.1 Å². The van der Waals surface area contributed by atoms with Crippen molar-refractivity contribution in [3.63, 3.8) is 0 Å². The Morgan fingerprint density at radius 2 is 2.18 bits per heavy atom. The molecule has 1 unspecified atom stereocenters. The van der Waals surface area contributed by atoms with Crippen LogP contribution in [0, 0.1) is 0 Å². The lowest BCUT2D eigenvalue weighted by atomic mass is 10.1. The number of nitrogens with zero attached hydrogens (tertiary/aromatic N) is 1. The summed E-state index contributed by atoms with van der Waals surface area (Å²) in [5.41, 5.74) is 1.98. The highest BCUT2D eigenvalue weighted by Gasteiger charge is 2.11. The highest BCUT2D eigenvalue weighted by Crippen LogP contribution is 2.29. The number of nitrogens with one attached hydrogen (secondary N) is 1. The molecule has 2 aromatic rings. The van der Waals surface area contributed by atoms with Crippen molar-refractivity contribution >= 4 is 21.6 Å². The first-order chi connectivity index (χ1) is 8.11. The lowest BCUT2D eigenvalue weighted by Gasteiger charge is -2.09. The number of aliphatic hydroxyl groups is 1. The van der Waals surface area contributed by atoms with Crippen LogP contribution in [0.1, 0.15) is 36.4 Å². The first kappa shape index (κ1) is 12.5. The zero-order valence-electron chi connectivity index (χ0n) is 10.4. The number of likely N-dealkylation sites (N-methyl/N-ethyl adjacent to an activating group) is 1. The summed E-state index contributed by atoms with van der Waals surface area (Å²) in [6.07, 6.45) is -0.450.